The quantitative estimate of drug-likeness (QED) is 0.527. The number of anilines is 1. The Morgan fingerprint density at radius 2 is 1.73 bits per heavy atom. The molecule has 2 heterocycles. The molecule has 1 N–H and O–H groups in total. The van der Waals surface area contributed by atoms with Crippen LogP contribution in [0.3, 0.4) is 0 Å². The maximum Gasteiger partial charge on any atom is 0.138 e. The van der Waals surface area contributed by atoms with E-state index in [9.17, 15) is 4.39 Å². The number of hydrogen-bond acceptors (Lipinski definition) is 3. The fourth-order valence-corrected chi connectivity index (χ4v) is 4.17. The number of halogens is 1. The lowest BCUT2D eigenvalue weighted by Gasteiger charge is -2.29. The van der Waals surface area contributed by atoms with Gasteiger partial charge in [-0.2, -0.15) is 5.10 Å². The number of fused-ring (bicyclic) bond motifs is 3. The normalized spacial score (nSPS) is 14.3. The van der Waals surface area contributed by atoms with Crippen LogP contribution < -0.4 is 4.90 Å². The van der Waals surface area contributed by atoms with E-state index in [0.29, 0.717) is 0 Å². The van der Waals surface area contributed by atoms with Crippen molar-refractivity contribution in [3.8, 4) is 28.3 Å². The van der Waals surface area contributed by atoms with Gasteiger partial charge in [-0.3, -0.25) is 0 Å². The summed E-state index contributed by atoms with van der Waals surface area (Å²) in [6, 6.07) is 14.8. The second kappa shape index (κ2) is 6.55. The fraction of sp³-hybridized carbons (Fsp3) is 0.250. The summed E-state index contributed by atoms with van der Waals surface area (Å²) in [7, 11) is 4.06. The van der Waals surface area contributed by atoms with E-state index in [-0.39, 0.29) is 11.2 Å². The number of aromatic amines is 1. The van der Waals surface area contributed by atoms with Crippen LogP contribution in [0.1, 0.15) is 25.2 Å². The van der Waals surface area contributed by atoms with Crippen LogP contribution in [0, 0.1) is 5.82 Å². The third-order valence-corrected chi connectivity index (χ3v) is 5.84. The zero-order valence-corrected chi connectivity index (χ0v) is 17.6. The number of nitrogens with zero attached hydrogens (tertiary/aromatic N) is 4. The molecule has 1 aliphatic carbocycles. The zero-order chi connectivity index (χ0) is 21.0. The van der Waals surface area contributed by atoms with E-state index in [1.165, 1.54) is 12.1 Å². The molecule has 4 aromatic rings. The molecule has 30 heavy (non-hydrogen) atoms. The molecule has 0 atom stereocenters. The van der Waals surface area contributed by atoms with E-state index >= 15 is 0 Å². The topological polar surface area (TPSA) is 49.7 Å². The van der Waals surface area contributed by atoms with Gasteiger partial charge in [-0.05, 0) is 48.5 Å². The van der Waals surface area contributed by atoms with Gasteiger partial charge in [0.1, 0.15) is 11.6 Å². The van der Waals surface area contributed by atoms with Crippen molar-refractivity contribution < 1.29 is 4.39 Å². The van der Waals surface area contributed by atoms with Gasteiger partial charge in [-0.1, -0.05) is 13.8 Å². The lowest BCUT2D eigenvalue weighted by atomic mass is 9.77. The predicted octanol–water partition coefficient (Wildman–Crippen LogP) is 4.97. The average Bonchev–Trinajstić information content (AvgIpc) is 3.33. The number of rotatable bonds is 3. The van der Waals surface area contributed by atoms with Gasteiger partial charge in [0.15, 0.2) is 0 Å². The minimum atomic E-state index is -0.250. The molecule has 0 bridgehead atoms. The van der Waals surface area contributed by atoms with Gasteiger partial charge in [0, 0.05) is 48.4 Å². The van der Waals surface area contributed by atoms with Gasteiger partial charge in [-0.15, -0.1) is 0 Å². The molecule has 2 aromatic carbocycles. The summed E-state index contributed by atoms with van der Waals surface area (Å²) in [5.41, 5.74) is 7.13. The zero-order valence-electron chi connectivity index (χ0n) is 17.6. The molecule has 5 rings (SSSR count). The van der Waals surface area contributed by atoms with Gasteiger partial charge >= 0.3 is 0 Å². The van der Waals surface area contributed by atoms with E-state index in [2.05, 4.69) is 53.1 Å². The van der Waals surface area contributed by atoms with Crippen molar-refractivity contribution in [1.82, 2.24) is 19.7 Å². The third-order valence-electron chi connectivity index (χ3n) is 5.84. The molecule has 0 saturated carbocycles. The van der Waals surface area contributed by atoms with Crippen LogP contribution in [0.15, 0.2) is 54.7 Å². The Balaban J connectivity index is 1.61. The summed E-state index contributed by atoms with van der Waals surface area (Å²) in [5, 5.41) is 4.61. The maximum absolute atomic E-state index is 13.4. The smallest absolute Gasteiger partial charge is 0.138 e. The Labute approximate surface area is 175 Å². The lowest BCUT2D eigenvalue weighted by molar-refractivity contribution is 0.489. The summed E-state index contributed by atoms with van der Waals surface area (Å²) >= 11 is 0. The molecule has 152 valence electrons. The van der Waals surface area contributed by atoms with Crippen LogP contribution in [0.25, 0.3) is 28.3 Å². The van der Waals surface area contributed by atoms with Crippen LogP contribution in [0.5, 0.6) is 0 Å². The van der Waals surface area contributed by atoms with Gasteiger partial charge in [0.05, 0.1) is 23.3 Å². The van der Waals surface area contributed by atoms with E-state index in [4.69, 9.17) is 4.98 Å². The number of imidazole rings is 1. The molecule has 0 saturated heterocycles. The number of hydrogen-bond donors (Lipinski definition) is 1. The Morgan fingerprint density at radius 1 is 1.03 bits per heavy atom. The van der Waals surface area contributed by atoms with E-state index in [0.717, 1.165) is 51.8 Å². The van der Waals surface area contributed by atoms with Crippen molar-refractivity contribution in [2.24, 2.45) is 0 Å². The highest BCUT2D eigenvalue weighted by atomic mass is 19.1. The summed E-state index contributed by atoms with van der Waals surface area (Å²) in [4.78, 5) is 10.6. The number of nitrogens with one attached hydrogen (secondary N) is 1. The van der Waals surface area contributed by atoms with E-state index in [1.54, 1.807) is 12.1 Å². The van der Waals surface area contributed by atoms with Gasteiger partial charge < -0.3 is 9.88 Å². The molecule has 0 aliphatic heterocycles. The SMILES string of the molecule is CN(C)c1ccc(-c2nc3c([nH]2)C(C)(C)Cc2c-3cnn2-c2ccc(F)cc2)cc1. The Kier molecular flexibility index (Phi) is 4.07. The molecule has 0 fully saturated rings. The first-order valence-electron chi connectivity index (χ1n) is 10.0. The lowest BCUT2D eigenvalue weighted by Crippen LogP contribution is -2.27. The highest BCUT2D eigenvalue weighted by Crippen LogP contribution is 2.43. The molecular weight excluding hydrogens is 377 g/mol. The van der Waals surface area contributed by atoms with Crippen LogP contribution in [0.2, 0.25) is 0 Å². The molecule has 1 aliphatic rings. The molecule has 6 heteroatoms. The molecule has 2 aromatic heterocycles. The summed E-state index contributed by atoms with van der Waals surface area (Å²) in [6.45, 7) is 4.43. The second-order valence-electron chi connectivity index (χ2n) is 8.70. The molecule has 0 amide bonds. The Morgan fingerprint density at radius 3 is 2.40 bits per heavy atom. The predicted molar refractivity (Wildman–Crippen MR) is 118 cm³/mol. The van der Waals surface area contributed by atoms with Crippen LogP contribution in [0.4, 0.5) is 10.1 Å². The number of benzene rings is 2. The van der Waals surface area contributed by atoms with Crippen molar-refractivity contribution in [3.63, 3.8) is 0 Å². The highest BCUT2D eigenvalue weighted by molar-refractivity contribution is 5.73. The molecule has 0 spiro atoms. The number of aromatic nitrogens is 4. The van der Waals surface area contributed by atoms with E-state index < -0.39 is 0 Å². The maximum atomic E-state index is 13.4. The number of H-pyrrole nitrogens is 1. The van der Waals surface area contributed by atoms with E-state index in [1.807, 2.05) is 25.0 Å². The highest BCUT2D eigenvalue weighted by Gasteiger charge is 2.37. The van der Waals surface area contributed by atoms with Crippen molar-refractivity contribution in [2.75, 3.05) is 19.0 Å². The fourth-order valence-electron chi connectivity index (χ4n) is 4.17. The minimum absolute atomic E-state index is 0.130. The molecule has 0 radical (unpaired) electrons. The third kappa shape index (κ3) is 2.91. The van der Waals surface area contributed by atoms with Crippen molar-refractivity contribution in [3.05, 3.63) is 71.9 Å². The van der Waals surface area contributed by atoms with Gasteiger partial charge in [0.25, 0.3) is 0 Å². The van der Waals surface area contributed by atoms with Crippen LogP contribution >= 0.6 is 0 Å². The minimum Gasteiger partial charge on any atom is -0.378 e. The second-order valence-corrected chi connectivity index (χ2v) is 8.70. The van der Waals surface area contributed by atoms with Gasteiger partial charge in [-0.25, -0.2) is 14.1 Å². The summed E-state index contributed by atoms with van der Waals surface area (Å²) in [5.74, 6) is 0.611. The first-order valence-corrected chi connectivity index (χ1v) is 10.0. The summed E-state index contributed by atoms with van der Waals surface area (Å²) < 4.78 is 15.3. The molecule has 0 unspecified atom stereocenters. The van der Waals surface area contributed by atoms with Crippen LogP contribution in [-0.4, -0.2) is 33.8 Å². The van der Waals surface area contributed by atoms with Crippen molar-refractivity contribution in [2.45, 2.75) is 25.7 Å². The summed E-state index contributed by atoms with van der Waals surface area (Å²) in [6.07, 6.45) is 2.68. The molecule has 5 nitrogen and oxygen atoms in total. The Hall–Kier alpha value is -3.41. The van der Waals surface area contributed by atoms with Crippen molar-refractivity contribution >= 4 is 5.69 Å². The van der Waals surface area contributed by atoms with Gasteiger partial charge in [0.2, 0.25) is 0 Å². The average molecular weight is 401 g/mol. The largest absolute Gasteiger partial charge is 0.378 e. The monoisotopic (exact) mass is 401 g/mol. The van der Waals surface area contributed by atoms with Crippen LogP contribution in [-0.2, 0) is 11.8 Å². The Bertz CT molecular complexity index is 1210. The molecular formula is C24H24FN5. The first kappa shape index (κ1) is 18.6. The first-order chi connectivity index (χ1) is 14.3. The standard InChI is InChI=1S/C24H24FN5/c1-24(2)13-20-19(14-26-30(20)18-11-7-16(25)8-12-18)21-22(24)28-23(27-21)15-5-9-17(10-6-15)29(3)4/h5-12,14H,13H2,1-4H3,(H,27,28). The van der Waals surface area contributed by atoms with Crippen molar-refractivity contribution in [1.29, 1.82) is 0 Å².